The van der Waals surface area contributed by atoms with Gasteiger partial charge in [-0.3, -0.25) is 9.69 Å². The van der Waals surface area contributed by atoms with Crippen molar-refractivity contribution in [2.45, 2.75) is 6.54 Å². The van der Waals surface area contributed by atoms with Gasteiger partial charge in [-0.2, -0.15) is 0 Å². The molecule has 1 saturated heterocycles. The van der Waals surface area contributed by atoms with Crippen LogP contribution in [0.3, 0.4) is 0 Å². The Bertz CT molecular complexity index is 376. The van der Waals surface area contributed by atoms with Gasteiger partial charge in [0.1, 0.15) is 5.82 Å². The van der Waals surface area contributed by atoms with Crippen LogP contribution in [0.25, 0.3) is 0 Å². The minimum atomic E-state index is 0.176. The number of nitrogen functional groups attached to an aromatic ring is 1. The fourth-order valence-corrected chi connectivity index (χ4v) is 1.73. The van der Waals surface area contributed by atoms with E-state index in [9.17, 15) is 4.79 Å². The number of rotatable bonds is 2. The van der Waals surface area contributed by atoms with E-state index in [0.29, 0.717) is 12.4 Å². The zero-order chi connectivity index (χ0) is 11.5. The molecular formula is C11H16N4O. The molecule has 5 nitrogen and oxygen atoms in total. The molecule has 2 heterocycles. The van der Waals surface area contributed by atoms with Crippen LogP contribution in [0.5, 0.6) is 0 Å². The van der Waals surface area contributed by atoms with Gasteiger partial charge in [0.05, 0.1) is 6.54 Å². The molecule has 16 heavy (non-hydrogen) atoms. The van der Waals surface area contributed by atoms with Gasteiger partial charge >= 0.3 is 0 Å². The van der Waals surface area contributed by atoms with Crippen molar-refractivity contribution in [3.8, 4) is 0 Å². The Balaban J connectivity index is 1.95. The Morgan fingerprint density at radius 2 is 2.25 bits per heavy atom. The number of aromatic nitrogens is 1. The average molecular weight is 220 g/mol. The number of amides is 1. The largest absolute Gasteiger partial charge is 0.384 e. The molecule has 1 fully saturated rings. The summed E-state index contributed by atoms with van der Waals surface area (Å²) in [5.74, 6) is 0.702. The Morgan fingerprint density at radius 1 is 1.44 bits per heavy atom. The van der Waals surface area contributed by atoms with Crippen LogP contribution in [0, 0.1) is 0 Å². The van der Waals surface area contributed by atoms with E-state index >= 15 is 0 Å². The minimum absolute atomic E-state index is 0.176. The van der Waals surface area contributed by atoms with E-state index < -0.39 is 0 Å². The van der Waals surface area contributed by atoms with Crippen LogP contribution in [-0.4, -0.2) is 47.4 Å². The lowest BCUT2D eigenvalue weighted by Crippen LogP contribution is -2.47. The number of nitrogens with two attached hydrogens (primary N) is 1. The van der Waals surface area contributed by atoms with Crippen molar-refractivity contribution in [3.05, 3.63) is 23.9 Å². The highest BCUT2D eigenvalue weighted by Crippen LogP contribution is 2.08. The summed E-state index contributed by atoms with van der Waals surface area (Å²) in [5.41, 5.74) is 6.60. The highest BCUT2D eigenvalue weighted by atomic mass is 16.2. The van der Waals surface area contributed by atoms with Crippen molar-refractivity contribution in [2.75, 3.05) is 32.4 Å². The SMILES string of the molecule is CN1CCN(Cc2ccc(N)nc2)CC1=O. The molecule has 1 aliphatic heterocycles. The number of carbonyl (C=O) groups is 1. The van der Waals surface area contributed by atoms with Gasteiger partial charge in [-0.05, 0) is 11.6 Å². The molecule has 5 heteroatoms. The lowest BCUT2D eigenvalue weighted by molar-refractivity contribution is -0.134. The highest BCUT2D eigenvalue weighted by molar-refractivity contribution is 5.78. The van der Waals surface area contributed by atoms with Gasteiger partial charge in [0, 0.05) is 32.9 Å². The van der Waals surface area contributed by atoms with Gasteiger partial charge < -0.3 is 10.6 Å². The van der Waals surface area contributed by atoms with Gasteiger partial charge in [-0.1, -0.05) is 6.07 Å². The summed E-state index contributed by atoms with van der Waals surface area (Å²) in [5, 5.41) is 0. The average Bonchev–Trinajstić information content (AvgIpc) is 2.27. The van der Waals surface area contributed by atoms with Crippen LogP contribution in [0.4, 0.5) is 5.82 Å². The van der Waals surface area contributed by atoms with Crippen molar-refractivity contribution >= 4 is 11.7 Å². The first-order chi connectivity index (χ1) is 7.65. The first kappa shape index (κ1) is 10.9. The molecule has 1 aromatic rings. The molecule has 1 aromatic heterocycles. The molecule has 1 amide bonds. The molecular weight excluding hydrogens is 204 g/mol. The summed E-state index contributed by atoms with van der Waals surface area (Å²) in [6, 6.07) is 3.73. The lowest BCUT2D eigenvalue weighted by atomic mass is 10.2. The van der Waals surface area contributed by atoms with Crippen LogP contribution in [0.15, 0.2) is 18.3 Å². The maximum Gasteiger partial charge on any atom is 0.236 e. The van der Waals surface area contributed by atoms with Crippen molar-refractivity contribution in [1.82, 2.24) is 14.8 Å². The van der Waals surface area contributed by atoms with Crippen molar-refractivity contribution in [1.29, 1.82) is 0 Å². The molecule has 0 unspecified atom stereocenters. The quantitative estimate of drug-likeness (QED) is 0.758. The van der Waals surface area contributed by atoms with Crippen molar-refractivity contribution in [3.63, 3.8) is 0 Å². The smallest absolute Gasteiger partial charge is 0.236 e. The van der Waals surface area contributed by atoms with Gasteiger partial charge in [0.2, 0.25) is 5.91 Å². The molecule has 0 saturated carbocycles. The fraction of sp³-hybridized carbons (Fsp3) is 0.455. The van der Waals surface area contributed by atoms with E-state index in [-0.39, 0.29) is 5.91 Å². The third-order valence-electron chi connectivity index (χ3n) is 2.79. The number of carbonyl (C=O) groups excluding carboxylic acids is 1. The molecule has 2 rings (SSSR count). The molecule has 0 radical (unpaired) electrons. The minimum Gasteiger partial charge on any atom is -0.384 e. The molecule has 0 aromatic carbocycles. The van der Waals surface area contributed by atoms with E-state index in [1.165, 1.54) is 0 Å². The fourth-order valence-electron chi connectivity index (χ4n) is 1.73. The normalized spacial score (nSPS) is 17.8. The Hall–Kier alpha value is -1.62. The Morgan fingerprint density at radius 3 is 2.88 bits per heavy atom. The number of anilines is 1. The number of pyridine rings is 1. The lowest BCUT2D eigenvalue weighted by Gasteiger charge is -2.31. The molecule has 0 spiro atoms. The zero-order valence-electron chi connectivity index (χ0n) is 9.39. The number of nitrogens with zero attached hydrogens (tertiary/aromatic N) is 3. The van der Waals surface area contributed by atoms with Gasteiger partial charge in [0.15, 0.2) is 0 Å². The molecule has 0 bridgehead atoms. The summed E-state index contributed by atoms with van der Waals surface area (Å²) < 4.78 is 0. The first-order valence-corrected chi connectivity index (χ1v) is 5.32. The Kier molecular flexibility index (Phi) is 3.05. The van der Waals surface area contributed by atoms with E-state index in [0.717, 1.165) is 25.2 Å². The van der Waals surface area contributed by atoms with E-state index in [2.05, 4.69) is 9.88 Å². The predicted molar refractivity (Wildman–Crippen MR) is 61.6 cm³/mol. The van der Waals surface area contributed by atoms with Gasteiger partial charge in [0.25, 0.3) is 0 Å². The third-order valence-corrected chi connectivity index (χ3v) is 2.79. The summed E-state index contributed by atoms with van der Waals surface area (Å²) >= 11 is 0. The van der Waals surface area contributed by atoms with Crippen LogP contribution in [0.2, 0.25) is 0 Å². The maximum atomic E-state index is 11.5. The van der Waals surface area contributed by atoms with Gasteiger partial charge in [-0.25, -0.2) is 4.98 Å². The highest BCUT2D eigenvalue weighted by Gasteiger charge is 2.20. The van der Waals surface area contributed by atoms with E-state index in [1.807, 2.05) is 13.1 Å². The van der Waals surface area contributed by atoms with E-state index in [4.69, 9.17) is 5.73 Å². The molecule has 86 valence electrons. The standard InChI is InChI=1S/C11H16N4O/c1-14-4-5-15(8-11(14)16)7-9-2-3-10(12)13-6-9/h2-3,6H,4-5,7-8H2,1H3,(H2,12,13). The van der Waals surface area contributed by atoms with Crippen LogP contribution in [0.1, 0.15) is 5.56 Å². The van der Waals surface area contributed by atoms with Crippen molar-refractivity contribution < 1.29 is 4.79 Å². The topological polar surface area (TPSA) is 62.5 Å². The van der Waals surface area contributed by atoms with Crippen LogP contribution < -0.4 is 5.73 Å². The molecule has 1 aliphatic rings. The summed E-state index contributed by atoms with van der Waals surface area (Å²) in [4.78, 5) is 19.4. The van der Waals surface area contributed by atoms with Crippen LogP contribution >= 0.6 is 0 Å². The second kappa shape index (κ2) is 4.49. The number of piperazine rings is 1. The second-order valence-corrected chi connectivity index (χ2v) is 4.12. The molecule has 0 aliphatic carbocycles. The summed E-state index contributed by atoms with van der Waals surface area (Å²) in [6.07, 6.45) is 1.76. The monoisotopic (exact) mass is 220 g/mol. The van der Waals surface area contributed by atoms with Gasteiger partial charge in [-0.15, -0.1) is 0 Å². The predicted octanol–water partition coefficient (Wildman–Crippen LogP) is -0.0622. The number of hydrogen-bond donors (Lipinski definition) is 1. The zero-order valence-corrected chi connectivity index (χ0v) is 9.39. The first-order valence-electron chi connectivity index (χ1n) is 5.32. The number of likely N-dealkylation sites (N-methyl/N-ethyl adjacent to an activating group) is 1. The van der Waals surface area contributed by atoms with Crippen LogP contribution in [-0.2, 0) is 11.3 Å². The maximum absolute atomic E-state index is 11.5. The molecule has 2 N–H and O–H groups in total. The summed E-state index contributed by atoms with van der Waals surface area (Å²) in [6.45, 7) is 2.95. The van der Waals surface area contributed by atoms with E-state index in [1.54, 1.807) is 17.2 Å². The third kappa shape index (κ3) is 2.49. The summed E-state index contributed by atoms with van der Waals surface area (Å²) in [7, 11) is 1.84. The Labute approximate surface area is 94.9 Å². The molecule has 0 atom stereocenters. The van der Waals surface area contributed by atoms with Crippen molar-refractivity contribution in [2.24, 2.45) is 0 Å². The second-order valence-electron chi connectivity index (χ2n) is 4.12. The number of hydrogen-bond acceptors (Lipinski definition) is 4.